The lowest BCUT2D eigenvalue weighted by molar-refractivity contribution is 0.0647. The van der Waals surface area contributed by atoms with Crippen molar-refractivity contribution in [2.45, 2.75) is 51.7 Å². The molecule has 5 nitrogen and oxygen atoms in total. The summed E-state index contributed by atoms with van der Waals surface area (Å²) in [6, 6.07) is 11.1. The SMILES string of the molecule is CC(N)C1CCN(C(=O)c2occc2CN2c3ccccc3CC2C)CC1. The molecular formula is C22H29N3O2. The molecule has 0 radical (unpaired) electrons. The van der Waals surface area contributed by atoms with Crippen LogP contribution >= 0.6 is 0 Å². The standard InChI is InChI=1S/C22H29N3O2/c1-15-13-18-5-3-4-6-20(18)25(15)14-19-9-12-27-21(19)22(26)24-10-7-17(8-11-24)16(2)23/h3-6,9,12,15-17H,7-8,10-11,13-14,23H2,1-2H3. The van der Waals surface area contributed by atoms with Crippen molar-refractivity contribution < 1.29 is 9.21 Å². The van der Waals surface area contributed by atoms with E-state index >= 15 is 0 Å². The van der Waals surface area contributed by atoms with E-state index in [0.717, 1.165) is 37.9 Å². The zero-order valence-electron chi connectivity index (χ0n) is 16.2. The summed E-state index contributed by atoms with van der Waals surface area (Å²) < 4.78 is 5.64. The molecule has 2 aliphatic heterocycles. The second-order valence-corrected chi connectivity index (χ2v) is 8.07. The van der Waals surface area contributed by atoms with Crippen LogP contribution in [0.1, 0.15) is 48.4 Å². The number of hydrogen-bond donors (Lipinski definition) is 1. The monoisotopic (exact) mass is 367 g/mol. The Morgan fingerprint density at radius 1 is 1.26 bits per heavy atom. The number of benzene rings is 1. The van der Waals surface area contributed by atoms with E-state index in [4.69, 9.17) is 10.2 Å². The van der Waals surface area contributed by atoms with E-state index in [2.05, 4.69) is 43.0 Å². The molecule has 2 unspecified atom stereocenters. The fourth-order valence-corrected chi connectivity index (χ4v) is 4.47. The summed E-state index contributed by atoms with van der Waals surface area (Å²) in [5, 5.41) is 0. The highest BCUT2D eigenvalue weighted by Gasteiger charge is 2.31. The van der Waals surface area contributed by atoms with Crippen molar-refractivity contribution in [1.29, 1.82) is 0 Å². The zero-order chi connectivity index (χ0) is 19.0. The van der Waals surface area contributed by atoms with Gasteiger partial charge in [-0.2, -0.15) is 0 Å². The first kappa shape index (κ1) is 18.1. The zero-order valence-corrected chi connectivity index (χ0v) is 16.2. The van der Waals surface area contributed by atoms with Crippen molar-refractivity contribution in [3.05, 3.63) is 53.5 Å². The van der Waals surface area contributed by atoms with Gasteiger partial charge >= 0.3 is 0 Å². The number of carbonyl (C=O) groups is 1. The number of anilines is 1. The van der Waals surface area contributed by atoms with E-state index in [0.29, 0.717) is 24.3 Å². The molecule has 0 spiro atoms. The molecule has 1 aromatic heterocycles. The summed E-state index contributed by atoms with van der Waals surface area (Å²) in [7, 11) is 0. The van der Waals surface area contributed by atoms with Gasteiger partial charge in [0.1, 0.15) is 0 Å². The number of piperidine rings is 1. The van der Waals surface area contributed by atoms with Crippen molar-refractivity contribution in [3.63, 3.8) is 0 Å². The molecule has 0 saturated carbocycles. The molecule has 4 rings (SSSR count). The number of likely N-dealkylation sites (tertiary alicyclic amines) is 1. The smallest absolute Gasteiger partial charge is 0.289 e. The number of nitrogens with zero attached hydrogens (tertiary/aromatic N) is 2. The summed E-state index contributed by atoms with van der Waals surface area (Å²) in [5.41, 5.74) is 9.63. The first-order valence-electron chi connectivity index (χ1n) is 10.0. The first-order valence-corrected chi connectivity index (χ1v) is 10.0. The minimum Gasteiger partial charge on any atom is -0.459 e. The molecular weight excluding hydrogens is 338 g/mol. The maximum atomic E-state index is 13.0. The number of furan rings is 1. The number of hydrogen-bond acceptors (Lipinski definition) is 4. The van der Waals surface area contributed by atoms with Gasteiger partial charge in [0.15, 0.2) is 5.76 Å². The topological polar surface area (TPSA) is 62.7 Å². The summed E-state index contributed by atoms with van der Waals surface area (Å²) in [6.45, 7) is 6.51. The lowest BCUT2D eigenvalue weighted by Crippen LogP contribution is -2.42. The van der Waals surface area contributed by atoms with Crippen molar-refractivity contribution in [2.24, 2.45) is 11.7 Å². The Bertz CT molecular complexity index is 805. The maximum absolute atomic E-state index is 13.0. The Balaban J connectivity index is 1.48. The van der Waals surface area contributed by atoms with Gasteiger partial charge in [0.25, 0.3) is 5.91 Å². The van der Waals surface area contributed by atoms with Crippen LogP contribution < -0.4 is 10.6 Å². The lowest BCUT2D eigenvalue weighted by Gasteiger charge is -2.33. The van der Waals surface area contributed by atoms with Crippen LogP contribution in [0.4, 0.5) is 5.69 Å². The Labute approximate surface area is 161 Å². The molecule has 0 bridgehead atoms. The molecule has 0 aliphatic carbocycles. The van der Waals surface area contributed by atoms with Crippen LogP contribution in [-0.4, -0.2) is 36.0 Å². The largest absolute Gasteiger partial charge is 0.459 e. The third-order valence-corrected chi connectivity index (χ3v) is 6.20. The van der Waals surface area contributed by atoms with E-state index in [1.54, 1.807) is 6.26 Å². The fraction of sp³-hybridized carbons (Fsp3) is 0.500. The molecule has 1 saturated heterocycles. The Hall–Kier alpha value is -2.27. The van der Waals surface area contributed by atoms with Crippen LogP contribution in [0.25, 0.3) is 0 Å². The quantitative estimate of drug-likeness (QED) is 0.899. The Morgan fingerprint density at radius 2 is 2.00 bits per heavy atom. The third-order valence-electron chi connectivity index (χ3n) is 6.20. The Kier molecular flexibility index (Phi) is 4.96. The van der Waals surface area contributed by atoms with Gasteiger partial charge in [0, 0.05) is 43.0 Å². The number of fused-ring (bicyclic) bond motifs is 1. The summed E-state index contributed by atoms with van der Waals surface area (Å²) >= 11 is 0. The van der Waals surface area contributed by atoms with Gasteiger partial charge in [-0.3, -0.25) is 4.79 Å². The highest BCUT2D eigenvalue weighted by Crippen LogP contribution is 2.34. The van der Waals surface area contributed by atoms with E-state index in [-0.39, 0.29) is 11.9 Å². The van der Waals surface area contributed by atoms with Gasteiger partial charge in [-0.05, 0) is 56.7 Å². The van der Waals surface area contributed by atoms with Crippen molar-refractivity contribution in [1.82, 2.24) is 4.90 Å². The second-order valence-electron chi connectivity index (χ2n) is 8.07. The fourth-order valence-electron chi connectivity index (χ4n) is 4.47. The number of carbonyl (C=O) groups excluding carboxylic acids is 1. The van der Waals surface area contributed by atoms with Crippen LogP contribution in [0.5, 0.6) is 0 Å². The molecule has 27 heavy (non-hydrogen) atoms. The van der Waals surface area contributed by atoms with Crippen LogP contribution in [-0.2, 0) is 13.0 Å². The number of amides is 1. The minimum absolute atomic E-state index is 0.0123. The molecule has 1 aromatic carbocycles. The van der Waals surface area contributed by atoms with Crippen LogP contribution in [0, 0.1) is 5.92 Å². The van der Waals surface area contributed by atoms with Gasteiger partial charge in [0.2, 0.25) is 0 Å². The summed E-state index contributed by atoms with van der Waals surface area (Å²) in [6.07, 6.45) is 4.62. The van der Waals surface area contributed by atoms with Crippen LogP contribution in [0.3, 0.4) is 0 Å². The second kappa shape index (κ2) is 7.39. The predicted molar refractivity (Wildman–Crippen MR) is 107 cm³/mol. The van der Waals surface area contributed by atoms with Crippen LogP contribution in [0.15, 0.2) is 41.0 Å². The third kappa shape index (κ3) is 3.48. The number of para-hydroxylation sites is 1. The Morgan fingerprint density at radius 3 is 2.74 bits per heavy atom. The van der Waals surface area contributed by atoms with Gasteiger partial charge in [0.05, 0.1) is 6.26 Å². The molecule has 5 heteroatoms. The molecule has 2 aliphatic rings. The number of nitrogens with two attached hydrogens (primary N) is 1. The van der Waals surface area contributed by atoms with Crippen molar-refractivity contribution in [3.8, 4) is 0 Å². The maximum Gasteiger partial charge on any atom is 0.289 e. The van der Waals surface area contributed by atoms with Gasteiger partial charge in [-0.25, -0.2) is 0 Å². The van der Waals surface area contributed by atoms with Gasteiger partial charge < -0.3 is 20.0 Å². The molecule has 1 amide bonds. The summed E-state index contributed by atoms with van der Waals surface area (Å²) in [4.78, 5) is 17.3. The van der Waals surface area contributed by atoms with Gasteiger partial charge in [-0.15, -0.1) is 0 Å². The van der Waals surface area contributed by atoms with Crippen molar-refractivity contribution in [2.75, 3.05) is 18.0 Å². The normalized spacial score (nSPS) is 21.4. The minimum atomic E-state index is 0.0123. The van der Waals surface area contributed by atoms with Gasteiger partial charge in [-0.1, -0.05) is 18.2 Å². The molecule has 1 fully saturated rings. The van der Waals surface area contributed by atoms with E-state index in [1.807, 2.05) is 11.0 Å². The molecule has 144 valence electrons. The number of rotatable bonds is 4. The average Bonchev–Trinajstić information content (AvgIpc) is 3.26. The molecule has 2 atom stereocenters. The lowest BCUT2D eigenvalue weighted by atomic mass is 9.91. The molecule has 3 heterocycles. The van der Waals surface area contributed by atoms with Crippen LogP contribution in [0.2, 0.25) is 0 Å². The highest BCUT2D eigenvalue weighted by atomic mass is 16.3. The predicted octanol–water partition coefficient (Wildman–Crippen LogP) is 3.43. The van der Waals surface area contributed by atoms with E-state index in [1.165, 1.54) is 11.3 Å². The molecule has 2 N–H and O–H groups in total. The summed E-state index contributed by atoms with van der Waals surface area (Å²) in [5.74, 6) is 1.01. The highest BCUT2D eigenvalue weighted by molar-refractivity contribution is 5.93. The van der Waals surface area contributed by atoms with E-state index < -0.39 is 0 Å². The average molecular weight is 367 g/mol. The molecule has 2 aromatic rings. The van der Waals surface area contributed by atoms with Crippen molar-refractivity contribution >= 4 is 11.6 Å². The van der Waals surface area contributed by atoms with E-state index in [9.17, 15) is 4.79 Å². The first-order chi connectivity index (χ1) is 13.0.